The minimum Gasteiger partial charge on any atom is -0.489 e. The standard InChI is InChI=1S/C14H19ClFNO2.ClH/c1-2-19-14-11(15)7-10(8-12(14)16)13(17)9-3-5-18-6-4-9;/h7-9,13H,2-6,17H2,1H3;1H/t13-;/m0./s1. The van der Waals surface area contributed by atoms with Gasteiger partial charge in [-0.15, -0.1) is 12.4 Å². The molecule has 0 spiro atoms. The Morgan fingerprint density at radius 3 is 2.65 bits per heavy atom. The van der Waals surface area contributed by atoms with E-state index in [1.54, 1.807) is 13.0 Å². The number of ether oxygens (including phenoxy) is 2. The molecule has 0 saturated carbocycles. The van der Waals surface area contributed by atoms with E-state index in [4.69, 9.17) is 26.8 Å². The lowest BCUT2D eigenvalue weighted by Crippen LogP contribution is -2.27. The fraction of sp³-hybridized carbons (Fsp3) is 0.571. The molecular weight excluding hydrogens is 304 g/mol. The molecule has 114 valence electrons. The van der Waals surface area contributed by atoms with Gasteiger partial charge in [-0.1, -0.05) is 11.6 Å². The Hall–Kier alpha value is -0.550. The Kier molecular flexibility index (Phi) is 7.03. The molecule has 2 N–H and O–H groups in total. The highest BCUT2D eigenvalue weighted by Crippen LogP contribution is 2.34. The monoisotopic (exact) mass is 323 g/mol. The molecule has 0 bridgehead atoms. The minimum absolute atomic E-state index is 0. The van der Waals surface area contributed by atoms with Crippen LogP contribution in [0.1, 0.15) is 31.4 Å². The van der Waals surface area contributed by atoms with Gasteiger partial charge in [-0.2, -0.15) is 0 Å². The average molecular weight is 324 g/mol. The van der Waals surface area contributed by atoms with Gasteiger partial charge < -0.3 is 15.2 Å². The first-order valence-electron chi connectivity index (χ1n) is 6.58. The van der Waals surface area contributed by atoms with Crippen LogP contribution < -0.4 is 10.5 Å². The van der Waals surface area contributed by atoms with Crippen LogP contribution in [0.4, 0.5) is 4.39 Å². The van der Waals surface area contributed by atoms with Gasteiger partial charge in [0.2, 0.25) is 0 Å². The Labute approximate surface area is 130 Å². The highest BCUT2D eigenvalue weighted by molar-refractivity contribution is 6.32. The third-order valence-electron chi connectivity index (χ3n) is 3.47. The summed E-state index contributed by atoms with van der Waals surface area (Å²) in [5.74, 6) is -0.0406. The summed E-state index contributed by atoms with van der Waals surface area (Å²) in [6.45, 7) is 3.59. The summed E-state index contributed by atoms with van der Waals surface area (Å²) in [6.07, 6.45) is 1.79. The van der Waals surface area contributed by atoms with Crippen LogP contribution >= 0.6 is 24.0 Å². The first-order chi connectivity index (χ1) is 9.13. The van der Waals surface area contributed by atoms with Crippen molar-refractivity contribution in [3.8, 4) is 5.75 Å². The van der Waals surface area contributed by atoms with Crippen molar-refractivity contribution in [2.75, 3.05) is 19.8 Å². The van der Waals surface area contributed by atoms with E-state index < -0.39 is 5.82 Å². The van der Waals surface area contributed by atoms with E-state index in [1.165, 1.54) is 6.07 Å². The Morgan fingerprint density at radius 1 is 1.45 bits per heavy atom. The summed E-state index contributed by atoms with van der Waals surface area (Å²) in [7, 11) is 0. The number of hydrogen-bond acceptors (Lipinski definition) is 3. The topological polar surface area (TPSA) is 44.5 Å². The first kappa shape index (κ1) is 17.5. The minimum atomic E-state index is -0.452. The van der Waals surface area contributed by atoms with Crippen LogP contribution in [-0.2, 0) is 4.74 Å². The van der Waals surface area contributed by atoms with Gasteiger partial charge in [0.25, 0.3) is 0 Å². The molecule has 2 rings (SSSR count). The lowest BCUT2D eigenvalue weighted by molar-refractivity contribution is 0.0583. The molecule has 0 unspecified atom stereocenters. The molecule has 6 heteroatoms. The van der Waals surface area contributed by atoms with E-state index in [0.29, 0.717) is 25.7 Å². The molecule has 1 aliphatic heterocycles. The van der Waals surface area contributed by atoms with Gasteiger partial charge in [-0.05, 0) is 43.4 Å². The van der Waals surface area contributed by atoms with E-state index in [0.717, 1.165) is 18.4 Å². The van der Waals surface area contributed by atoms with E-state index in [-0.39, 0.29) is 29.2 Å². The number of hydrogen-bond donors (Lipinski definition) is 1. The van der Waals surface area contributed by atoms with Gasteiger partial charge in [0.15, 0.2) is 11.6 Å². The highest BCUT2D eigenvalue weighted by Gasteiger charge is 2.24. The zero-order chi connectivity index (χ0) is 13.8. The van der Waals surface area contributed by atoms with Gasteiger partial charge in [0, 0.05) is 19.3 Å². The van der Waals surface area contributed by atoms with Gasteiger partial charge in [0.05, 0.1) is 11.6 Å². The number of rotatable bonds is 4. The van der Waals surface area contributed by atoms with Crippen molar-refractivity contribution >= 4 is 24.0 Å². The Bertz CT molecular complexity index is 416. The summed E-state index contributed by atoms with van der Waals surface area (Å²) < 4.78 is 24.4. The molecule has 1 heterocycles. The zero-order valence-corrected chi connectivity index (χ0v) is 13.0. The maximum atomic E-state index is 13.9. The van der Waals surface area contributed by atoms with Crippen molar-refractivity contribution in [2.45, 2.75) is 25.8 Å². The second-order valence-electron chi connectivity index (χ2n) is 4.72. The number of nitrogens with two attached hydrogens (primary N) is 1. The third-order valence-corrected chi connectivity index (χ3v) is 3.75. The van der Waals surface area contributed by atoms with E-state index in [1.807, 2.05) is 0 Å². The van der Waals surface area contributed by atoms with Crippen LogP contribution in [0.15, 0.2) is 12.1 Å². The molecule has 0 aromatic heterocycles. The Morgan fingerprint density at radius 2 is 2.10 bits per heavy atom. The molecule has 3 nitrogen and oxygen atoms in total. The molecule has 1 saturated heterocycles. The number of benzene rings is 1. The summed E-state index contributed by atoms with van der Waals surface area (Å²) in [5, 5.41) is 0.277. The third kappa shape index (κ3) is 3.98. The van der Waals surface area contributed by atoms with Crippen molar-refractivity contribution in [2.24, 2.45) is 11.7 Å². The SMILES string of the molecule is CCOc1c(F)cc([C@@H](N)C2CCOCC2)cc1Cl.Cl. The van der Waals surface area contributed by atoms with Crippen molar-refractivity contribution in [1.29, 1.82) is 0 Å². The fourth-order valence-electron chi connectivity index (χ4n) is 2.40. The van der Waals surface area contributed by atoms with Crippen LogP contribution in [-0.4, -0.2) is 19.8 Å². The van der Waals surface area contributed by atoms with Gasteiger partial charge in [-0.3, -0.25) is 0 Å². The van der Waals surface area contributed by atoms with E-state index in [9.17, 15) is 4.39 Å². The van der Waals surface area contributed by atoms with Crippen LogP contribution in [0, 0.1) is 11.7 Å². The highest BCUT2D eigenvalue weighted by atomic mass is 35.5. The normalized spacial score (nSPS) is 17.4. The largest absolute Gasteiger partial charge is 0.489 e. The van der Waals surface area contributed by atoms with Crippen LogP contribution in [0.3, 0.4) is 0 Å². The predicted octanol–water partition coefficient (Wildman–Crippen LogP) is 3.73. The molecule has 1 aromatic rings. The van der Waals surface area contributed by atoms with Crippen molar-refractivity contribution in [1.82, 2.24) is 0 Å². The van der Waals surface area contributed by atoms with Crippen molar-refractivity contribution < 1.29 is 13.9 Å². The summed E-state index contributed by atoms with van der Waals surface area (Å²) in [5.41, 5.74) is 6.93. The molecule has 20 heavy (non-hydrogen) atoms. The summed E-state index contributed by atoms with van der Waals surface area (Å²) >= 11 is 6.05. The lowest BCUT2D eigenvalue weighted by atomic mass is 9.88. The molecule has 1 fully saturated rings. The molecule has 1 aliphatic rings. The predicted molar refractivity (Wildman–Crippen MR) is 80.3 cm³/mol. The van der Waals surface area contributed by atoms with Gasteiger partial charge >= 0.3 is 0 Å². The molecule has 0 amide bonds. The summed E-state index contributed by atoms with van der Waals surface area (Å²) in [4.78, 5) is 0. The quantitative estimate of drug-likeness (QED) is 0.918. The second kappa shape index (κ2) is 8.03. The fourth-order valence-corrected chi connectivity index (χ4v) is 2.67. The zero-order valence-electron chi connectivity index (χ0n) is 11.4. The first-order valence-corrected chi connectivity index (χ1v) is 6.96. The van der Waals surface area contributed by atoms with E-state index >= 15 is 0 Å². The Balaban J connectivity index is 0.00000200. The molecule has 0 radical (unpaired) electrons. The van der Waals surface area contributed by atoms with Crippen LogP contribution in [0.5, 0.6) is 5.75 Å². The van der Waals surface area contributed by atoms with Crippen LogP contribution in [0.25, 0.3) is 0 Å². The van der Waals surface area contributed by atoms with Crippen molar-refractivity contribution in [3.63, 3.8) is 0 Å². The molecule has 0 aliphatic carbocycles. The maximum absolute atomic E-state index is 13.9. The maximum Gasteiger partial charge on any atom is 0.173 e. The second-order valence-corrected chi connectivity index (χ2v) is 5.13. The smallest absolute Gasteiger partial charge is 0.173 e. The summed E-state index contributed by atoms with van der Waals surface area (Å²) in [6, 6.07) is 2.92. The van der Waals surface area contributed by atoms with Gasteiger partial charge in [0.1, 0.15) is 0 Å². The average Bonchev–Trinajstić information content (AvgIpc) is 2.43. The van der Waals surface area contributed by atoms with E-state index in [2.05, 4.69) is 0 Å². The van der Waals surface area contributed by atoms with Crippen LogP contribution in [0.2, 0.25) is 5.02 Å². The van der Waals surface area contributed by atoms with Crippen molar-refractivity contribution in [3.05, 3.63) is 28.5 Å². The number of halogens is 3. The molecule has 1 atom stereocenters. The molecule has 1 aromatic carbocycles. The lowest BCUT2D eigenvalue weighted by Gasteiger charge is -2.28. The molecular formula is C14H20Cl2FNO2. The van der Waals surface area contributed by atoms with Gasteiger partial charge in [-0.25, -0.2) is 4.39 Å².